The monoisotopic (exact) mass is 416 g/mol. The van der Waals surface area contributed by atoms with Crippen LogP contribution in [0.3, 0.4) is 0 Å². The minimum atomic E-state index is -0.699. The number of carbonyl (C=O) groups is 3. The molecule has 2 aliphatic rings. The van der Waals surface area contributed by atoms with Crippen LogP contribution >= 0.6 is 27.0 Å². The van der Waals surface area contributed by atoms with Gasteiger partial charge in [0, 0.05) is 6.54 Å². The van der Waals surface area contributed by atoms with Crippen LogP contribution in [0.5, 0.6) is 0 Å². The minimum Gasteiger partial charge on any atom is -0.472 e. The minimum absolute atomic E-state index is 0. The van der Waals surface area contributed by atoms with Gasteiger partial charge in [0.15, 0.2) is 5.78 Å². The van der Waals surface area contributed by atoms with Crippen LogP contribution in [0.2, 0.25) is 0 Å². The molecule has 1 N–H and O–H groups in total. The molecule has 0 radical (unpaired) electrons. The summed E-state index contributed by atoms with van der Waals surface area (Å²) in [4.78, 5) is 39.1. The van der Waals surface area contributed by atoms with E-state index < -0.39 is 12.1 Å². The SMILES string of the molecule is CC(C)(C)C[C@H](NC(=O)c1ccoc1)C(=O)N1CC[C@H]2OCC(=O)[C@H]21.S.S. The molecule has 2 amide bonds. The van der Waals surface area contributed by atoms with Gasteiger partial charge in [-0.3, -0.25) is 14.4 Å². The lowest BCUT2D eigenvalue weighted by Crippen LogP contribution is -2.53. The van der Waals surface area contributed by atoms with Gasteiger partial charge in [0.05, 0.1) is 17.9 Å². The summed E-state index contributed by atoms with van der Waals surface area (Å²) in [6, 6.07) is 0.337. The molecule has 3 rings (SSSR count). The highest BCUT2D eigenvalue weighted by Gasteiger charge is 2.48. The van der Waals surface area contributed by atoms with E-state index >= 15 is 0 Å². The molecule has 2 fully saturated rings. The zero-order valence-electron chi connectivity index (χ0n) is 15.8. The molecule has 0 unspecified atom stereocenters. The number of nitrogens with zero attached hydrogens (tertiary/aromatic N) is 1. The lowest BCUT2D eigenvalue weighted by atomic mass is 9.87. The molecule has 1 aromatic rings. The Morgan fingerprint density at radius 1 is 1.33 bits per heavy atom. The normalized spacial score (nSPS) is 22.5. The van der Waals surface area contributed by atoms with E-state index in [2.05, 4.69) is 5.32 Å². The molecule has 9 heteroatoms. The summed E-state index contributed by atoms with van der Waals surface area (Å²) in [6.07, 6.45) is 3.66. The van der Waals surface area contributed by atoms with Crippen LogP contribution in [0, 0.1) is 5.41 Å². The number of furan rings is 1. The van der Waals surface area contributed by atoms with Crippen LogP contribution in [-0.2, 0) is 14.3 Å². The third-order valence-corrected chi connectivity index (χ3v) is 4.60. The first-order valence-electron chi connectivity index (χ1n) is 8.54. The fourth-order valence-electron chi connectivity index (χ4n) is 3.49. The maximum Gasteiger partial charge on any atom is 0.255 e. The van der Waals surface area contributed by atoms with E-state index in [1.165, 1.54) is 12.5 Å². The van der Waals surface area contributed by atoms with Gasteiger partial charge in [-0.25, -0.2) is 0 Å². The van der Waals surface area contributed by atoms with E-state index in [9.17, 15) is 14.4 Å². The van der Waals surface area contributed by atoms with Crippen molar-refractivity contribution >= 4 is 44.6 Å². The van der Waals surface area contributed by atoms with Crippen molar-refractivity contribution in [2.24, 2.45) is 5.41 Å². The second kappa shape index (κ2) is 9.16. The number of ketones is 1. The van der Waals surface area contributed by atoms with E-state index in [4.69, 9.17) is 9.15 Å². The maximum absolute atomic E-state index is 13.1. The number of Topliss-reactive ketones (excluding diaryl/α,β-unsaturated/α-hetero) is 1. The Kier molecular flexibility index (Phi) is 8.00. The van der Waals surface area contributed by atoms with Gasteiger partial charge < -0.3 is 19.4 Å². The molecule has 0 saturated carbocycles. The average Bonchev–Trinajstić information content (AvgIpc) is 3.23. The summed E-state index contributed by atoms with van der Waals surface area (Å²) in [5, 5.41) is 2.81. The predicted octanol–water partition coefficient (Wildman–Crippen LogP) is 1.61. The average molecular weight is 417 g/mol. The molecule has 0 aromatic carbocycles. The van der Waals surface area contributed by atoms with Crippen molar-refractivity contribution in [2.45, 2.75) is 51.8 Å². The summed E-state index contributed by atoms with van der Waals surface area (Å²) in [5.41, 5.74) is 0.200. The van der Waals surface area contributed by atoms with Crippen molar-refractivity contribution in [3.05, 3.63) is 24.2 Å². The van der Waals surface area contributed by atoms with Gasteiger partial charge in [0.25, 0.3) is 5.91 Å². The number of fused-ring (bicyclic) bond motifs is 1. The number of hydrogen-bond acceptors (Lipinski definition) is 5. The zero-order valence-corrected chi connectivity index (χ0v) is 17.8. The summed E-state index contributed by atoms with van der Waals surface area (Å²) < 4.78 is 10.4. The Labute approximate surface area is 173 Å². The van der Waals surface area contributed by atoms with Gasteiger partial charge in [0.2, 0.25) is 5.91 Å². The molecule has 2 aliphatic heterocycles. The molecular weight excluding hydrogens is 388 g/mol. The molecule has 3 heterocycles. The topological polar surface area (TPSA) is 88.8 Å². The smallest absolute Gasteiger partial charge is 0.255 e. The van der Waals surface area contributed by atoms with Crippen LogP contribution < -0.4 is 5.32 Å². The van der Waals surface area contributed by atoms with Crippen molar-refractivity contribution in [3.8, 4) is 0 Å². The number of amides is 2. The molecule has 1 aromatic heterocycles. The van der Waals surface area contributed by atoms with Crippen LogP contribution in [0.1, 0.15) is 44.0 Å². The fourth-order valence-corrected chi connectivity index (χ4v) is 3.49. The lowest BCUT2D eigenvalue weighted by molar-refractivity contribution is -0.138. The number of hydrogen-bond donors (Lipinski definition) is 1. The van der Waals surface area contributed by atoms with E-state index in [0.717, 1.165) is 0 Å². The van der Waals surface area contributed by atoms with Crippen LogP contribution in [0.25, 0.3) is 0 Å². The fraction of sp³-hybridized carbons (Fsp3) is 0.611. The number of rotatable bonds is 4. The standard InChI is InChI=1S/C18H24N2O5.2H2S/c1-18(2,3)8-12(19-16(22)11-5-7-24-9-11)17(23)20-6-4-14-15(20)13(21)10-25-14;;/h5,7,9,12,14-15H,4,6,8,10H2,1-3H3,(H,19,22);2*1H2/t12-,14+,15+;;/m0../s1. The van der Waals surface area contributed by atoms with Crippen molar-refractivity contribution in [1.29, 1.82) is 0 Å². The maximum atomic E-state index is 13.1. The number of nitrogens with one attached hydrogen (secondary N) is 1. The molecule has 0 aliphatic carbocycles. The van der Waals surface area contributed by atoms with Crippen molar-refractivity contribution in [3.63, 3.8) is 0 Å². The molecule has 152 valence electrons. The summed E-state index contributed by atoms with van der Waals surface area (Å²) in [7, 11) is 0. The quantitative estimate of drug-likeness (QED) is 0.806. The Balaban J connectivity index is 0.00000182. The van der Waals surface area contributed by atoms with E-state index in [-0.39, 0.29) is 62.7 Å². The highest BCUT2D eigenvalue weighted by molar-refractivity contribution is 7.59. The number of likely N-dealkylation sites (tertiary alicyclic amines) is 1. The Hall–Kier alpha value is -1.45. The highest BCUT2D eigenvalue weighted by atomic mass is 32.1. The van der Waals surface area contributed by atoms with Gasteiger partial charge in [-0.05, 0) is 24.3 Å². The first-order valence-corrected chi connectivity index (χ1v) is 8.54. The molecule has 2 saturated heterocycles. The first-order chi connectivity index (χ1) is 11.8. The lowest BCUT2D eigenvalue weighted by Gasteiger charge is -2.31. The molecular formula is C18H28N2O5S2. The van der Waals surface area contributed by atoms with Crippen molar-refractivity contribution in [1.82, 2.24) is 10.2 Å². The van der Waals surface area contributed by atoms with Gasteiger partial charge in [-0.1, -0.05) is 20.8 Å². The van der Waals surface area contributed by atoms with Crippen molar-refractivity contribution < 1.29 is 23.5 Å². The largest absolute Gasteiger partial charge is 0.472 e. The zero-order chi connectivity index (χ0) is 18.2. The third-order valence-electron chi connectivity index (χ3n) is 4.60. The summed E-state index contributed by atoms with van der Waals surface area (Å²) in [5.74, 6) is -0.647. The predicted molar refractivity (Wildman–Crippen MR) is 110 cm³/mol. The highest BCUT2D eigenvalue weighted by Crippen LogP contribution is 2.29. The summed E-state index contributed by atoms with van der Waals surface area (Å²) in [6.45, 7) is 6.56. The second-order valence-corrected chi connectivity index (χ2v) is 7.88. The van der Waals surface area contributed by atoms with Crippen LogP contribution in [0.4, 0.5) is 0 Å². The Bertz CT molecular complexity index is 672. The molecule has 0 bridgehead atoms. The molecule has 27 heavy (non-hydrogen) atoms. The number of ether oxygens (including phenoxy) is 1. The number of carbonyl (C=O) groups excluding carboxylic acids is 3. The van der Waals surface area contributed by atoms with Crippen LogP contribution in [0.15, 0.2) is 23.0 Å². The third kappa shape index (κ3) is 5.30. The second-order valence-electron chi connectivity index (χ2n) is 7.88. The van der Waals surface area contributed by atoms with Crippen molar-refractivity contribution in [2.75, 3.05) is 13.2 Å². The molecule has 7 nitrogen and oxygen atoms in total. The molecule has 0 spiro atoms. The Morgan fingerprint density at radius 3 is 2.63 bits per heavy atom. The van der Waals surface area contributed by atoms with Gasteiger partial charge in [-0.2, -0.15) is 27.0 Å². The van der Waals surface area contributed by atoms with Crippen LogP contribution in [-0.4, -0.2) is 53.8 Å². The first kappa shape index (κ1) is 23.6. The van der Waals surface area contributed by atoms with Gasteiger partial charge in [-0.15, -0.1) is 0 Å². The summed E-state index contributed by atoms with van der Waals surface area (Å²) >= 11 is 0. The van der Waals surface area contributed by atoms with E-state index in [1.807, 2.05) is 20.8 Å². The Morgan fingerprint density at radius 2 is 2.04 bits per heavy atom. The van der Waals surface area contributed by atoms with E-state index in [0.29, 0.717) is 24.9 Å². The van der Waals surface area contributed by atoms with Gasteiger partial charge in [0.1, 0.15) is 25.0 Å². The van der Waals surface area contributed by atoms with Gasteiger partial charge >= 0.3 is 0 Å². The van der Waals surface area contributed by atoms with E-state index in [1.54, 1.807) is 11.0 Å². The molecule has 3 atom stereocenters.